The molecule has 1 amide bonds. The number of carbonyl (C=O) groups is 1. The molecule has 0 aromatic heterocycles. The van der Waals surface area contributed by atoms with Gasteiger partial charge in [0.1, 0.15) is 0 Å². The van der Waals surface area contributed by atoms with E-state index in [2.05, 4.69) is 5.32 Å². The van der Waals surface area contributed by atoms with Gasteiger partial charge in [0.2, 0.25) is 5.91 Å². The van der Waals surface area contributed by atoms with E-state index in [0.717, 1.165) is 0 Å². The Balaban J connectivity index is 2.61. The third-order valence-corrected chi connectivity index (χ3v) is 3.32. The Labute approximate surface area is 112 Å². The highest BCUT2D eigenvalue weighted by molar-refractivity contribution is 6.43. The summed E-state index contributed by atoms with van der Waals surface area (Å²) >= 11 is 11.9. The van der Waals surface area contributed by atoms with Crippen molar-refractivity contribution < 1.29 is 4.79 Å². The van der Waals surface area contributed by atoms with Gasteiger partial charge in [0.15, 0.2) is 0 Å². The van der Waals surface area contributed by atoms with Crippen LogP contribution in [0.3, 0.4) is 0 Å². The number of benzene rings is 1. The lowest BCUT2D eigenvalue weighted by molar-refractivity contribution is -0.128. The van der Waals surface area contributed by atoms with E-state index >= 15 is 0 Å². The molecule has 0 fully saturated rings. The lowest BCUT2D eigenvalue weighted by Crippen LogP contribution is -2.35. The second kappa shape index (κ2) is 6.72. The molecule has 0 aliphatic rings. The average molecular weight is 275 g/mol. The molecule has 0 aliphatic heterocycles. The van der Waals surface area contributed by atoms with E-state index in [1.807, 2.05) is 13.8 Å². The number of hydrogen-bond acceptors (Lipinski definition) is 2. The molecule has 0 heterocycles. The highest BCUT2D eigenvalue weighted by Crippen LogP contribution is 2.29. The second-order valence-electron chi connectivity index (χ2n) is 3.52. The number of nitrogens with zero attached hydrogens (tertiary/aromatic N) is 1. The highest BCUT2D eigenvalue weighted by atomic mass is 35.5. The summed E-state index contributed by atoms with van der Waals surface area (Å²) in [5, 5.41) is 3.92. The summed E-state index contributed by atoms with van der Waals surface area (Å²) in [5.74, 6) is 0.0473. The van der Waals surface area contributed by atoms with Crippen molar-refractivity contribution in [3.05, 3.63) is 28.2 Å². The van der Waals surface area contributed by atoms with Gasteiger partial charge in [0, 0.05) is 13.1 Å². The van der Waals surface area contributed by atoms with Crippen LogP contribution in [0.1, 0.15) is 13.8 Å². The summed E-state index contributed by atoms with van der Waals surface area (Å²) in [6, 6.07) is 5.30. The van der Waals surface area contributed by atoms with Crippen LogP contribution >= 0.6 is 23.2 Å². The van der Waals surface area contributed by atoms with Gasteiger partial charge >= 0.3 is 0 Å². The number of likely N-dealkylation sites (N-methyl/N-ethyl adjacent to an activating group) is 1. The quantitative estimate of drug-likeness (QED) is 0.894. The number of anilines is 1. The molecule has 0 unspecified atom stereocenters. The van der Waals surface area contributed by atoms with Gasteiger partial charge in [-0.25, -0.2) is 0 Å². The van der Waals surface area contributed by atoms with E-state index < -0.39 is 0 Å². The Hall–Kier alpha value is -0.930. The van der Waals surface area contributed by atoms with Gasteiger partial charge in [-0.15, -0.1) is 0 Å². The van der Waals surface area contributed by atoms with Gasteiger partial charge in [-0.2, -0.15) is 0 Å². The highest BCUT2D eigenvalue weighted by Gasteiger charge is 2.10. The third kappa shape index (κ3) is 3.79. The topological polar surface area (TPSA) is 32.3 Å². The largest absolute Gasteiger partial charge is 0.375 e. The molecule has 0 saturated carbocycles. The summed E-state index contributed by atoms with van der Waals surface area (Å²) in [7, 11) is 0. The Morgan fingerprint density at radius 3 is 2.53 bits per heavy atom. The SMILES string of the molecule is CCN(CC)C(=O)CNc1cccc(Cl)c1Cl. The number of halogens is 2. The first-order chi connectivity index (χ1) is 8.10. The maximum Gasteiger partial charge on any atom is 0.241 e. The van der Waals surface area contributed by atoms with Gasteiger partial charge < -0.3 is 10.2 Å². The van der Waals surface area contributed by atoms with Crippen molar-refractivity contribution in [2.45, 2.75) is 13.8 Å². The molecular formula is C12H16Cl2N2O. The number of hydrogen-bond donors (Lipinski definition) is 1. The summed E-state index contributed by atoms with van der Waals surface area (Å²) in [4.78, 5) is 13.5. The average Bonchev–Trinajstić information content (AvgIpc) is 2.32. The monoisotopic (exact) mass is 274 g/mol. The molecule has 1 aromatic carbocycles. The van der Waals surface area contributed by atoms with Gasteiger partial charge in [-0.1, -0.05) is 29.3 Å². The predicted molar refractivity (Wildman–Crippen MR) is 72.9 cm³/mol. The van der Waals surface area contributed by atoms with Crippen molar-refractivity contribution >= 4 is 34.8 Å². The van der Waals surface area contributed by atoms with Crippen LogP contribution in [0.15, 0.2) is 18.2 Å². The van der Waals surface area contributed by atoms with E-state index in [9.17, 15) is 4.79 Å². The molecule has 0 spiro atoms. The van der Waals surface area contributed by atoms with Gasteiger partial charge in [-0.05, 0) is 26.0 Å². The van der Waals surface area contributed by atoms with E-state index in [-0.39, 0.29) is 12.5 Å². The maximum atomic E-state index is 11.8. The lowest BCUT2D eigenvalue weighted by Gasteiger charge is -2.19. The van der Waals surface area contributed by atoms with Gasteiger partial charge in [0.25, 0.3) is 0 Å². The second-order valence-corrected chi connectivity index (χ2v) is 4.31. The van der Waals surface area contributed by atoms with Crippen LogP contribution in [-0.2, 0) is 4.79 Å². The van der Waals surface area contributed by atoms with E-state index in [0.29, 0.717) is 28.8 Å². The molecule has 1 N–H and O–H groups in total. The Bertz CT molecular complexity index is 392. The van der Waals surface area contributed by atoms with Crippen molar-refractivity contribution in [1.82, 2.24) is 4.90 Å². The molecule has 94 valence electrons. The van der Waals surface area contributed by atoms with Gasteiger partial charge in [0.05, 0.1) is 22.3 Å². The molecular weight excluding hydrogens is 259 g/mol. The Morgan fingerprint density at radius 2 is 1.94 bits per heavy atom. The molecule has 0 bridgehead atoms. The zero-order valence-corrected chi connectivity index (χ0v) is 11.5. The molecule has 1 aromatic rings. The van der Waals surface area contributed by atoms with Crippen LogP contribution in [0.5, 0.6) is 0 Å². The van der Waals surface area contributed by atoms with Crippen molar-refractivity contribution in [3.8, 4) is 0 Å². The first kappa shape index (κ1) is 14.1. The van der Waals surface area contributed by atoms with Crippen molar-refractivity contribution in [2.24, 2.45) is 0 Å². The van der Waals surface area contributed by atoms with E-state index in [4.69, 9.17) is 23.2 Å². The zero-order chi connectivity index (χ0) is 12.8. The maximum absolute atomic E-state index is 11.8. The molecule has 3 nitrogen and oxygen atoms in total. The normalized spacial score (nSPS) is 10.1. The molecule has 0 saturated heterocycles. The van der Waals surface area contributed by atoms with Crippen LogP contribution in [0.4, 0.5) is 5.69 Å². The fourth-order valence-electron chi connectivity index (χ4n) is 1.50. The summed E-state index contributed by atoms with van der Waals surface area (Å²) < 4.78 is 0. The van der Waals surface area contributed by atoms with Crippen molar-refractivity contribution in [1.29, 1.82) is 0 Å². The van der Waals surface area contributed by atoms with E-state index in [1.54, 1.807) is 23.1 Å². The van der Waals surface area contributed by atoms with Crippen LogP contribution in [0.25, 0.3) is 0 Å². The minimum Gasteiger partial charge on any atom is -0.375 e. The Kier molecular flexibility index (Phi) is 5.59. The number of carbonyl (C=O) groups excluding carboxylic acids is 1. The molecule has 0 atom stereocenters. The minimum atomic E-state index is 0.0473. The molecule has 17 heavy (non-hydrogen) atoms. The van der Waals surface area contributed by atoms with E-state index in [1.165, 1.54) is 0 Å². The number of nitrogens with one attached hydrogen (secondary N) is 1. The lowest BCUT2D eigenvalue weighted by atomic mass is 10.3. The number of amides is 1. The molecule has 0 radical (unpaired) electrons. The standard InChI is InChI=1S/C12H16Cl2N2O/c1-3-16(4-2)11(17)8-15-10-7-5-6-9(13)12(10)14/h5-7,15H,3-4,8H2,1-2H3. The smallest absolute Gasteiger partial charge is 0.241 e. The Morgan fingerprint density at radius 1 is 1.29 bits per heavy atom. The summed E-state index contributed by atoms with van der Waals surface area (Å²) in [6.07, 6.45) is 0. The molecule has 5 heteroatoms. The summed E-state index contributed by atoms with van der Waals surface area (Å²) in [6.45, 7) is 5.55. The van der Waals surface area contributed by atoms with Crippen LogP contribution in [0.2, 0.25) is 10.0 Å². The third-order valence-electron chi connectivity index (χ3n) is 2.50. The fourth-order valence-corrected chi connectivity index (χ4v) is 1.87. The molecule has 1 rings (SSSR count). The first-order valence-corrected chi connectivity index (χ1v) is 6.31. The van der Waals surface area contributed by atoms with Crippen LogP contribution in [-0.4, -0.2) is 30.4 Å². The van der Waals surface area contributed by atoms with Crippen molar-refractivity contribution in [2.75, 3.05) is 25.0 Å². The van der Waals surface area contributed by atoms with Crippen LogP contribution in [0, 0.1) is 0 Å². The summed E-state index contributed by atoms with van der Waals surface area (Å²) in [5.41, 5.74) is 0.680. The molecule has 0 aliphatic carbocycles. The zero-order valence-electron chi connectivity index (χ0n) is 9.96. The first-order valence-electron chi connectivity index (χ1n) is 5.55. The van der Waals surface area contributed by atoms with Crippen molar-refractivity contribution in [3.63, 3.8) is 0 Å². The van der Waals surface area contributed by atoms with Gasteiger partial charge in [-0.3, -0.25) is 4.79 Å². The minimum absolute atomic E-state index is 0.0473. The predicted octanol–water partition coefficient (Wildman–Crippen LogP) is 3.27. The fraction of sp³-hybridized carbons (Fsp3) is 0.417. The van der Waals surface area contributed by atoms with Crippen LogP contribution < -0.4 is 5.32 Å². The number of rotatable bonds is 5.